The molecular formula is C26H31BF2O5. The molecular weight excluding hydrogens is 441 g/mol. The first-order chi connectivity index (χ1) is 16.2. The van der Waals surface area contributed by atoms with E-state index in [0.29, 0.717) is 24.7 Å². The molecule has 1 aliphatic rings. The molecule has 2 aromatic rings. The highest BCUT2D eigenvalue weighted by Gasteiger charge is 2.09. The van der Waals surface area contributed by atoms with Crippen LogP contribution in [0.25, 0.3) is 0 Å². The minimum Gasteiger partial charge on any atom is -0.490 e. The molecule has 1 heterocycles. The zero-order chi connectivity index (χ0) is 25.5. The van der Waals surface area contributed by atoms with E-state index in [0.717, 1.165) is 19.4 Å². The molecule has 0 spiro atoms. The second kappa shape index (κ2) is 15.8. The Bertz CT molecular complexity index is 927. The van der Waals surface area contributed by atoms with E-state index in [4.69, 9.17) is 22.1 Å². The van der Waals surface area contributed by atoms with Gasteiger partial charge in [-0.1, -0.05) is 25.3 Å². The van der Waals surface area contributed by atoms with Crippen LogP contribution in [0.1, 0.15) is 48.7 Å². The molecule has 5 nitrogen and oxygen atoms in total. The number of rotatable bonds is 8. The molecule has 2 radical (unpaired) electrons. The van der Waals surface area contributed by atoms with E-state index < -0.39 is 17.7 Å². The summed E-state index contributed by atoms with van der Waals surface area (Å²) < 4.78 is 41.5. The van der Waals surface area contributed by atoms with Crippen molar-refractivity contribution < 1.29 is 32.9 Å². The number of hydrogen-bond acceptors (Lipinski definition) is 5. The zero-order valence-corrected chi connectivity index (χ0v) is 19.6. The van der Waals surface area contributed by atoms with Crippen LogP contribution in [0.4, 0.5) is 8.78 Å². The van der Waals surface area contributed by atoms with Gasteiger partial charge in [0.25, 0.3) is 0 Å². The van der Waals surface area contributed by atoms with E-state index in [1.807, 2.05) is 0 Å². The van der Waals surface area contributed by atoms with Crippen molar-refractivity contribution in [3.05, 3.63) is 84.5 Å². The minimum absolute atomic E-state index is 0.0463. The van der Waals surface area contributed by atoms with Crippen LogP contribution >= 0.6 is 0 Å². The number of ether oxygens (including phenoxy) is 3. The maximum absolute atomic E-state index is 13.1. The molecule has 1 saturated heterocycles. The summed E-state index contributed by atoms with van der Waals surface area (Å²) in [6, 6.07) is 8.42. The van der Waals surface area contributed by atoms with Gasteiger partial charge in [-0.05, 0) is 63.1 Å². The number of halogens is 2. The van der Waals surface area contributed by atoms with Gasteiger partial charge in [-0.15, -0.1) is 0 Å². The highest BCUT2D eigenvalue weighted by atomic mass is 19.1. The van der Waals surface area contributed by atoms with Crippen molar-refractivity contribution in [3.63, 3.8) is 0 Å². The van der Waals surface area contributed by atoms with Crippen LogP contribution in [0.2, 0.25) is 0 Å². The Morgan fingerprint density at radius 1 is 1.15 bits per heavy atom. The molecule has 34 heavy (non-hydrogen) atoms. The summed E-state index contributed by atoms with van der Waals surface area (Å²) in [5, 5.41) is 9.24. The van der Waals surface area contributed by atoms with Gasteiger partial charge in [-0.2, -0.15) is 0 Å². The molecule has 0 aliphatic carbocycles. The fourth-order valence-corrected chi connectivity index (χ4v) is 2.71. The third-order valence-corrected chi connectivity index (χ3v) is 4.44. The molecule has 1 aliphatic heterocycles. The van der Waals surface area contributed by atoms with Crippen LogP contribution in [0, 0.1) is 11.6 Å². The molecule has 0 amide bonds. The lowest BCUT2D eigenvalue weighted by molar-refractivity contribution is 0.101. The number of aliphatic hydroxyl groups excluding tert-OH is 1. The lowest BCUT2D eigenvalue weighted by Crippen LogP contribution is -2.01. The van der Waals surface area contributed by atoms with Gasteiger partial charge in [-0.25, -0.2) is 8.78 Å². The van der Waals surface area contributed by atoms with Crippen LogP contribution in [-0.4, -0.2) is 44.6 Å². The van der Waals surface area contributed by atoms with Gasteiger partial charge in [0.2, 0.25) is 0 Å². The monoisotopic (exact) mass is 472 g/mol. The quantitative estimate of drug-likeness (QED) is 0.320. The number of hydrogen-bond donors (Lipinski definition) is 1. The SMILES string of the molecule is C=CCOc1ccc(F)c(C(C)=O)c1.C=CCOc1ccc(F)c([C@@H](C)O)c1.[B]C1CCCO1. The van der Waals surface area contributed by atoms with Crippen molar-refractivity contribution >= 4 is 13.6 Å². The number of ketones is 1. The number of carbonyl (C=O) groups excluding carboxylic acids is 1. The number of carbonyl (C=O) groups is 1. The normalized spacial score (nSPS) is 15.0. The van der Waals surface area contributed by atoms with Gasteiger partial charge < -0.3 is 19.3 Å². The molecule has 1 N–H and O–H groups in total. The van der Waals surface area contributed by atoms with Gasteiger partial charge >= 0.3 is 0 Å². The molecule has 182 valence electrons. The summed E-state index contributed by atoms with van der Waals surface area (Å²) >= 11 is 0. The van der Waals surface area contributed by atoms with E-state index in [2.05, 4.69) is 13.2 Å². The molecule has 0 saturated carbocycles. The molecule has 8 heteroatoms. The van der Waals surface area contributed by atoms with Crippen LogP contribution < -0.4 is 9.47 Å². The summed E-state index contributed by atoms with van der Waals surface area (Å²) in [4.78, 5) is 11.0. The van der Waals surface area contributed by atoms with Gasteiger partial charge in [0.1, 0.15) is 44.2 Å². The highest BCUT2D eigenvalue weighted by molar-refractivity contribution is 6.11. The van der Waals surface area contributed by atoms with Crippen molar-refractivity contribution in [2.45, 2.75) is 38.8 Å². The second-order valence-electron chi connectivity index (χ2n) is 7.31. The summed E-state index contributed by atoms with van der Waals surface area (Å²) in [7, 11) is 5.31. The van der Waals surface area contributed by atoms with Crippen LogP contribution in [0.3, 0.4) is 0 Å². The highest BCUT2D eigenvalue weighted by Crippen LogP contribution is 2.22. The Balaban J connectivity index is 0.000000274. The number of Topliss-reactive ketones (excluding diaryl/α,β-unsaturated/α-hetero) is 1. The first kappa shape index (κ1) is 29.1. The topological polar surface area (TPSA) is 65.0 Å². The summed E-state index contributed by atoms with van der Waals surface area (Å²) in [6.45, 7) is 11.4. The first-order valence-electron chi connectivity index (χ1n) is 10.8. The number of aliphatic hydroxyl groups is 1. The van der Waals surface area contributed by atoms with Crippen molar-refractivity contribution in [3.8, 4) is 11.5 Å². The summed E-state index contributed by atoms with van der Waals surface area (Å²) in [6.07, 6.45) is 4.53. The summed E-state index contributed by atoms with van der Waals surface area (Å²) in [5.74, 6) is -0.264. The smallest absolute Gasteiger partial charge is 0.162 e. The van der Waals surface area contributed by atoms with Crippen LogP contribution in [0.15, 0.2) is 61.7 Å². The van der Waals surface area contributed by atoms with Gasteiger partial charge in [0.05, 0.1) is 11.7 Å². The van der Waals surface area contributed by atoms with Crippen LogP contribution in [0.5, 0.6) is 11.5 Å². The van der Waals surface area contributed by atoms with Gasteiger partial charge in [-0.3, -0.25) is 4.79 Å². The average Bonchev–Trinajstić information content (AvgIpc) is 3.29. The van der Waals surface area contributed by atoms with E-state index in [-0.39, 0.29) is 22.9 Å². The fraction of sp³-hybridized carbons (Fsp3) is 0.346. The first-order valence-corrected chi connectivity index (χ1v) is 10.8. The molecule has 2 atom stereocenters. The number of benzene rings is 2. The van der Waals surface area contributed by atoms with Crippen molar-refractivity contribution in [2.75, 3.05) is 19.8 Å². The molecule has 0 aromatic heterocycles. The van der Waals surface area contributed by atoms with E-state index in [1.165, 1.54) is 50.2 Å². The van der Waals surface area contributed by atoms with Crippen molar-refractivity contribution in [1.29, 1.82) is 0 Å². The molecule has 1 fully saturated rings. The zero-order valence-electron chi connectivity index (χ0n) is 19.6. The lowest BCUT2D eigenvalue weighted by atomic mass is 9.98. The predicted molar refractivity (Wildman–Crippen MR) is 130 cm³/mol. The van der Waals surface area contributed by atoms with Crippen LogP contribution in [-0.2, 0) is 4.74 Å². The van der Waals surface area contributed by atoms with E-state index >= 15 is 0 Å². The predicted octanol–water partition coefficient (Wildman–Crippen LogP) is 5.33. The lowest BCUT2D eigenvalue weighted by Gasteiger charge is -2.09. The average molecular weight is 472 g/mol. The van der Waals surface area contributed by atoms with Crippen molar-refractivity contribution in [1.82, 2.24) is 0 Å². The molecule has 2 aromatic carbocycles. The van der Waals surface area contributed by atoms with E-state index in [9.17, 15) is 18.7 Å². The van der Waals surface area contributed by atoms with Gasteiger partial charge in [0.15, 0.2) is 5.78 Å². The third-order valence-electron chi connectivity index (χ3n) is 4.44. The summed E-state index contributed by atoms with van der Waals surface area (Å²) in [5.41, 5.74) is 0.290. The molecule has 3 rings (SSSR count). The molecule has 0 bridgehead atoms. The minimum atomic E-state index is -0.831. The Morgan fingerprint density at radius 3 is 2.12 bits per heavy atom. The second-order valence-corrected chi connectivity index (χ2v) is 7.31. The third kappa shape index (κ3) is 10.8. The van der Waals surface area contributed by atoms with Crippen molar-refractivity contribution in [2.24, 2.45) is 0 Å². The standard InChI is InChI=1S/C11H13FO2.C11H11FO2.C4H7BO/c2*1-3-6-14-9-4-5-11(12)10(7-9)8(2)13;5-4-2-1-3-6-4/h3-5,7-8,13H,1,6H2,2H3;3-5,7H,1,6H2,2H3;4H,1-3H2/t8-;;/m1../s1. The maximum atomic E-state index is 13.1. The Morgan fingerprint density at radius 2 is 1.71 bits per heavy atom. The fourth-order valence-electron chi connectivity index (χ4n) is 2.71. The maximum Gasteiger partial charge on any atom is 0.162 e. The Kier molecular flexibility index (Phi) is 13.5. The van der Waals surface area contributed by atoms with E-state index in [1.54, 1.807) is 12.2 Å². The Hall–Kier alpha value is -2.97. The largest absolute Gasteiger partial charge is 0.490 e. The molecule has 1 unspecified atom stereocenters. The Labute approximate surface area is 201 Å². The van der Waals surface area contributed by atoms with Gasteiger partial charge in [0, 0.05) is 18.2 Å².